The molecule has 0 fully saturated rings. The van der Waals surface area contributed by atoms with E-state index >= 15 is 0 Å². The first kappa shape index (κ1) is 37.1. The predicted octanol–water partition coefficient (Wildman–Crippen LogP) is 11.5. The van der Waals surface area contributed by atoms with Crippen LogP contribution in [0, 0.1) is 44.1 Å². The Labute approximate surface area is 280 Å². The zero-order valence-electron chi connectivity index (χ0n) is 27.4. The van der Waals surface area contributed by atoms with Gasteiger partial charge in [0.2, 0.25) is 0 Å². The number of aryl methyl sites for hydroxylation is 3. The Morgan fingerprint density at radius 1 is 1.00 bits per heavy atom. The summed E-state index contributed by atoms with van der Waals surface area (Å²) in [6.45, 7) is 21.2. The van der Waals surface area contributed by atoms with Crippen LogP contribution in [0.1, 0.15) is 95.9 Å². The van der Waals surface area contributed by atoms with Crippen LogP contribution >= 0.6 is 22.7 Å². The number of furan rings is 1. The van der Waals surface area contributed by atoms with Gasteiger partial charge in [0, 0.05) is 55.3 Å². The van der Waals surface area contributed by atoms with Crippen LogP contribution in [0.3, 0.4) is 0 Å². The summed E-state index contributed by atoms with van der Waals surface area (Å²) in [5, 5.41) is 11.0. The number of aliphatic hydroxyl groups is 1. The summed E-state index contributed by atoms with van der Waals surface area (Å²) in [5.74, 6) is 2.55. The Morgan fingerprint density at radius 2 is 1.63 bits per heavy atom. The summed E-state index contributed by atoms with van der Waals surface area (Å²) in [7, 11) is 0. The first-order valence-electron chi connectivity index (χ1n) is 15.2. The summed E-state index contributed by atoms with van der Waals surface area (Å²) in [6, 6.07) is 9.82. The van der Waals surface area contributed by atoms with E-state index in [0.29, 0.717) is 0 Å². The van der Waals surface area contributed by atoms with Gasteiger partial charge in [0.25, 0.3) is 0 Å². The Balaban J connectivity index is 0.000000348. The van der Waals surface area contributed by atoms with Crippen molar-refractivity contribution in [3.63, 3.8) is 0 Å². The average Bonchev–Trinajstić information content (AvgIpc) is 3.62. The van der Waals surface area contributed by atoms with Gasteiger partial charge in [-0.25, -0.2) is 11.3 Å². The maximum absolute atomic E-state index is 11.7. The van der Waals surface area contributed by atoms with Crippen molar-refractivity contribution in [2.45, 2.75) is 101 Å². The molecule has 4 rings (SSSR count). The van der Waals surface area contributed by atoms with Crippen LogP contribution in [0.4, 0.5) is 0 Å². The van der Waals surface area contributed by atoms with Gasteiger partial charge >= 0.3 is 0 Å². The summed E-state index contributed by atoms with van der Waals surface area (Å²) < 4.78 is 7.43. The van der Waals surface area contributed by atoms with E-state index < -0.39 is 0 Å². The van der Waals surface area contributed by atoms with E-state index in [9.17, 15) is 9.90 Å². The second kappa shape index (κ2) is 16.3. The van der Waals surface area contributed by atoms with Gasteiger partial charge in [-0.3, -0.25) is 4.79 Å². The van der Waals surface area contributed by atoms with Gasteiger partial charge in [-0.05, 0) is 72.9 Å². The van der Waals surface area contributed by atoms with Gasteiger partial charge in [-0.15, -0.1) is 11.3 Å². The van der Waals surface area contributed by atoms with Crippen LogP contribution in [0.5, 0.6) is 0 Å². The standard InChI is InChI=1S/C23H24NOS2.C13H24O2.Ir/c1-13-11-19(26-15(13)3)20-22-17(9-10-24-20)14(2)21(27-22)18-8-7-16(25-18)12-23(4,5)6;1-5-10(6-2)12(14)9-13(15)11(7-3)8-4;/h7-10H,12H2,1-6H3;9-11,14H,5-8H2,1-4H3;/q-1;;/b;12-9-;. The maximum atomic E-state index is 11.7. The minimum atomic E-state index is 0. The molecule has 0 unspecified atom stereocenters. The minimum Gasteiger partial charge on any atom is -0.512 e. The SMILES string of the molecule is CCC(CC)C(=O)/C=C(\O)C(CC)CC.Cc1[c-]c(-c2nccc3c(C)c(-c4ccc(CC(C)(C)C)o4)sc23)sc1C.[Ir]. The van der Waals surface area contributed by atoms with Gasteiger partial charge in [0.05, 0.1) is 10.6 Å². The summed E-state index contributed by atoms with van der Waals surface area (Å²) in [4.78, 5) is 20.0. The van der Waals surface area contributed by atoms with Crippen LogP contribution < -0.4 is 0 Å². The average molecular weight is 799 g/mol. The van der Waals surface area contributed by atoms with E-state index in [1.165, 1.54) is 37.0 Å². The molecule has 7 heteroatoms. The summed E-state index contributed by atoms with van der Waals surface area (Å²) >= 11 is 3.54. The molecule has 1 radical (unpaired) electrons. The van der Waals surface area contributed by atoms with Crippen molar-refractivity contribution in [2.75, 3.05) is 0 Å². The van der Waals surface area contributed by atoms with Crippen molar-refractivity contribution >= 4 is 38.5 Å². The van der Waals surface area contributed by atoms with E-state index in [1.807, 2.05) is 33.9 Å². The monoisotopic (exact) mass is 799 g/mol. The number of carbonyl (C=O) groups excluding carboxylic acids is 1. The van der Waals surface area contributed by atoms with Gasteiger partial charge in [0.1, 0.15) is 11.5 Å². The Morgan fingerprint density at radius 3 is 2.16 bits per heavy atom. The number of rotatable bonds is 10. The molecule has 0 aliphatic rings. The number of aliphatic hydroxyl groups excluding tert-OH is 1. The molecule has 1 N–H and O–H groups in total. The molecule has 4 nitrogen and oxygen atoms in total. The van der Waals surface area contributed by atoms with Gasteiger partial charge in [-0.2, -0.15) is 11.6 Å². The second-order valence-corrected chi connectivity index (χ2v) is 14.6. The molecule has 0 aliphatic heterocycles. The molecule has 0 spiro atoms. The first-order chi connectivity index (χ1) is 19.8. The molecule has 4 aromatic rings. The molecule has 0 aliphatic carbocycles. The Bertz CT molecular complexity index is 1490. The van der Waals surface area contributed by atoms with Gasteiger partial charge in [-0.1, -0.05) is 72.1 Å². The van der Waals surface area contributed by atoms with Crippen molar-refractivity contribution < 1.29 is 34.4 Å². The van der Waals surface area contributed by atoms with Crippen molar-refractivity contribution in [1.29, 1.82) is 0 Å². The molecule has 0 saturated carbocycles. The molecule has 0 bridgehead atoms. The quantitative estimate of drug-likeness (QED) is 0.0986. The van der Waals surface area contributed by atoms with E-state index in [1.54, 1.807) is 22.7 Å². The summed E-state index contributed by atoms with van der Waals surface area (Å²) in [6.07, 6.45) is 7.75. The number of pyridine rings is 1. The maximum Gasteiger partial charge on any atom is 0.162 e. The number of fused-ring (bicyclic) bond motifs is 1. The molecule has 0 saturated heterocycles. The fourth-order valence-corrected chi connectivity index (χ4v) is 7.35. The number of ketones is 1. The number of hydrogen-bond donors (Lipinski definition) is 1. The molecule has 0 atom stereocenters. The molecular formula is C36H48IrNO3S2-. The normalized spacial score (nSPS) is 12.0. The number of allylic oxidation sites excluding steroid dienone is 2. The fourth-order valence-electron chi connectivity index (χ4n) is 5.06. The first-order valence-corrected chi connectivity index (χ1v) is 16.9. The fraction of sp³-hybridized carbons (Fsp3) is 0.500. The topological polar surface area (TPSA) is 63.3 Å². The molecule has 0 amide bonds. The van der Waals surface area contributed by atoms with Gasteiger partial charge in [0.15, 0.2) is 5.78 Å². The molecule has 43 heavy (non-hydrogen) atoms. The smallest absolute Gasteiger partial charge is 0.162 e. The van der Waals surface area contributed by atoms with E-state index in [4.69, 9.17) is 9.40 Å². The number of carbonyl (C=O) groups is 1. The van der Waals surface area contributed by atoms with Crippen molar-refractivity contribution in [1.82, 2.24) is 4.98 Å². The second-order valence-electron chi connectivity index (χ2n) is 12.3. The molecule has 0 aromatic carbocycles. The Hall–Kier alpha value is -2.05. The number of nitrogens with zero attached hydrogens (tertiary/aromatic N) is 1. The number of aromatic nitrogens is 1. The van der Waals surface area contributed by atoms with Crippen LogP contribution in [0.15, 0.2) is 40.6 Å². The number of thiophene rings is 2. The largest absolute Gasteiger partial charge is 0.512 e. The third kappa shape index (κ3) is 9.47. The van der Waals surface area contributed by atoms with Crippen LogP contribution in [-0.2, 0) is 31.3 Å². The number of hydrogen-bond acceptors (Lipinski definition) is 6. The third-order valence-corrected chi connectivity index (χ3v) is 10.3. The Kier molecular flexibility index (Phi) is 14.1. The van der Waals surface area contributed by atoms with Gasteiger partial charge < -0.3 is 14.5 Å². The van der Waals surface area contributed by atoms with Crippen LogP contribution in [0.2, 0.25) is 0 Å². The van der Waals surface area contributed by atoms with Crippen LogP contribution in [-0.4, -0.2) is 15.9 Å². The third-order valence-electron chi connectivity index (χ3n) is 7.82. The van der Waals surface area contributed by atoms with Crippen LogP contribution in [0.25, 0.3) is 31.3 Å². The molecule has 4 aromatic heterocycles. The summed E-state index contributed by atoms with van der Waals surface area (Å²) in [5.41, 5.74) is 3.72. The van der Waals surface area contributed by atoms with E-state index in [2.05, 4.69) is 65.8 Å². The molecule has 237 valence electrons. The zero-order valence-corrected chi connectivity index (χ0v) is 31.5. The van der Waals surface area contributed by atoms with E-state index in [0.717, 1.165) is 54.2 Å². The van der Waals surface area contributed by atoms with Crippen molar-refractivity contribution in [3.05, 3.63) is 64.1 Å². The predicted molar refractivity (Wildman–Crippen MR) is 181 cm³/mol. The van der Waals surface area contributed by atoms with Crippen molar-refractivity contribution in [2.24, 2.45) is 17.3 Å². The minimum absolute atomic E-state index is 0. The molecular weight excluding hydrogens is 751 g/mol. The zero-order chi connectivity index (χ0) is 31.2. The molecule has 4 heterocycles. The van der Waals surface area contributed by atoms with E-state index in [-0.39, 0.29) is 48.9 Å². The van der Waals surface area contributed by atoms with Crippen molar-refractivity contribution in [3.8, 4) is 21.2 Å².